The SMILES string of the molecule is CC(C)(CCCCc1c(O)cc(O)cc1CCCCCC1(C(=O)O)CC1)C(=O)O. The summed E-state index contributed by atoms with van der Waals surface area (Å²) >= 11 is 0. The van der Waals surface area contributed by atoms with Gasteiger partial charge in [0.05, 0.1) is 10.8 Å². The maximum absolute atomic E-state index is 11.2. The van der Waals surface area contributed by atoms with Crippen LogP contribution in [0.5, 0.6) is 11.5 Å². The number of aromatic hydroxyl groups is 2. The molecule has 4 N–H and O–H groups in total. The number of hydrogen-bond donors (Lipinski definition) is 4. The van der Waals surface area contributed by atoms with Gasteiger partial charge < -0.3 is 20.4 Å². The average molecular weight is 407 g/mol. The molecule has 1 fully saturated rings. The maximum Gasteiger partial charge on any atom is 0.309 e. The van der Waals surface area contributed by atoms with E-state index in [2.05, 4.69) is 0 Å². The zero-order valence-corrected chi connectivity index (χ0v) is 17.5. The third kappa shape index (κ3) is 6.38. The minimum Gasteiger partial charge on any atom is -0.508 e. The van der Waals surface area contributed by atoms with Crippen LogP contribution in [0.1, 0.15) is 82.8 Å². The average Bonchev–Trinajstić information content (AvgIpc) is 3.41. The second-order valence-electron chi connectivity index (χ2n) is 9.14. The van der Waals surface area contributed by atoms with Gasteiger partial charge in [0, 0.05) is 6.07 Å². The van der Waals surface area contributed by atoms with Gasteiger partial charge in [0.2, 0.25) is 0 Å². The number of carboxylic acid groups (broad SMARTS) is 2. The molecule has 1 aromatic carbocycles. The Morgan fingerprint density at radius 1 is 0.966 bits per heavy atom. The Hall–Kier alpha value is -2.24. The molecule has 6 nitrogen and oxygen atoms in total. The molecule has 0 heterocycles. The number of aliphatic carboxylic acids is 2. The lowest BCUT2D eigenvalue weighted by Crippen LogP contribution is -2.23. The Morgan fingerprint density at radius 2 is 1.62 bits per heavy atom. The van der Waals surface area contributed by atoms with Crippen molar-refractivity contribution in [3.8, 4) is 11.5 Å². The van der Waals surface area contributed by atoms with Crippen LogP contribution in [0.25, 0.3) is 0 Å². The molecule has 2 rings (SSSR count). The van der Waals surface area contributed by atoms with Crippen LogP contribution >= 0.6 is 0 Å². The number of carboxylic acids is 2. The lowest BCUT2D eigenvalue weighted by molar-refractivity contribution is -0.147. The van der Waals surface area contributed by atoms with Crippen LogP contribution in [0.2, 0.25) is 0 Å². The van der Waals surface area contributed by atoms with E-state index < -0.39 is 22.8 Å². The summed E-state index contributed by atoms with van der Waals surface area (Å²) in [5, 5.41) is 38.6. The molecule has 0 aliphatic heterocycles. The smallest absolute Gasteiger partial charge is 0.309 e. The van der Waals surface area contributed by atoms with E-state index in [9.17, 15) is 30.0 Å². The lowest BCUT2D eigenvalue weighted by Gasteiger charge is -2.19. The van der Waals surface area contributed by atoms with Gasteiger partial charge in [-0.1, -0.05) is 19.3 Å². The predicted octanol–water partition coefficient (Wildman–Crippen LogP) is 4.89. The molecule has 0 radical (unpaired) electrons. The van der Waals surface area contributed by atoms with Crippen molar-refractivity contribution < 1.29 is 30.0 Å². The van der Waals surface area contributed by atoms with E-state index in [1.165, 1.54) is 6.07 Å². The number of phenols is 2. The normalized spacial score (nSPS) is 15.2. The van der Waals surface area contributed by atoms with Crippen molar-refractivity contribution in [3.63, 3.8) is 0 Å². The van der Waals surface area contributed by atoms with E-state index in [0.29, 0.717) is 12.8 Å². The Kier molecular flexibility index (Phi) is 7.55. The fraction of sp³-hybridized carbons (Fsp3) is 0.652. The Labute approximate surface area is 172 Å². The second kappa shape index (κ2) is 9.51. The fourth-order valence-corrected chi connectivity index (χ4v) is 3.86. The summed E-state index contributed by atoms with van der Waals surface area (Å²) in [7, 11) is 0. The van der Waals surface area contributed by atoms with Crippen LogP contribution in [0, 0.1) is 10.8 Å². The van der Waals surface area contributed by atoms with Crippen molar-refractivity contribution >= 4 is 11.9 Å². The van der Waals surface area contributed by atoms with Crippen molar-refractivity contribution in [2.45, 2.75) is 84.5 Å². The molecule has 0 spiro atoms. The molecule has 0 unspecified atom stereocenters. The van der Waals surface area contributed by atoms with Gasteiger partial charge >= 0.3 is 11.9 Å². The first-order valence-electron chi connectivity index (χ1n) is 10.6. The minimum atomic E-state index is -0.804. The third-order valence-corrected chi connectivity index (χ3v) is 6.27. The fourth-order valence-electron chi connectivity index (χ4n) is 3.86. The molecule has 0 aromatic heterocycles. The molecular formula is C23H34O6. The van der Waals surface area contributed by atoms with Crippen LogP contribution in [-0.2, 0) is 22.4 Å². The van der Waals surface area contributed by atoms with E-state index in [1.807, 2.05) is 0 Å². The molecule has 0 amide bonds. The van der Waals surface area contributed by atoms with E-state index in [4.69, 9.17) is 0 Å². The van der Waals surface area contributed by atoms with E-state index in [0.717, 1.165) is 68.9 Å². The molecule has 0 atom stereocenters. The van der Waals surface area contributed by atoms with Gasteiger partial charge in [-0.3, -0.25) is 9.59 Å². The van der Waals surface area contributed by atoms with Gasteiger partial charge in [-0.05, 0) is 82.4 Å². The summed E-state index contributed by atoms with van der Waals surface area (Å²) in [4.78, 5) is 22.4. The first-order chi connectivity index (χ1) is 13.6. The van der Waals surface area contributed by atoms with E-state index in [1.54, 1.807) is 19.9 Å². The highest BCUT2D eigenvalue weighted by Gasteiger charge is 2.49. The molecule has 0 saturated heterocycles. The molecule has 1 aliphatic rings. The van der Waals surface area contributed by atoms with Crippen LogP contribution in [0.15, 0.2) is 12.1 Å². The first-order valence-corrected chi connectivity index (χ1v) is 10.6. The topological polar surface area (TPSA) is 115 Å². The molecule has 1 aliphatic carbocycles. The number of phenolic OH excluding ortho intramolecular Hbond substituents is 2. The Balaban J connectivity index is 1.84. The summed E-state index contributed by atoms with van der Waals surface area (Å²) in [5.41, 5.74) is 0.506. The van der Waals surface area contributed by atoms with Gasteiger partial charge in [0.25, 0.3) is 0 Å². The van der Waals surface area contributed by atoms with Gasteiger partial charge in [0.1, 0.15) is 11.5 Å². The standard InChI is InChI=1S/C23H34O6/c1-22(2,20(26)27)10-7-5-9-18-16(14-17(24)15-19(18)25)8-4-3-6-11-23(12-13-23)21(28)29/h14-15,24-25H,3-13H2,1-2H3,(H,26,27)(H,28,29). The van der Waals surface area contributed by atoms with Crippen molar-refractivity contribution in [1.29, 1.82) is 0 Å². The maximum atomic E-state index is 11.2. The Bertz CT molecular complexity index is 733. The quantitative estimate of drug-likeness (QED) is 0.347. The van der Waals surface area contributed by atoms with Gasteiger partial charge in [-0.15, -0.1) is 0 Å². The molecule has 1 aromatic rings. The predicted molar refractivity (Wildman–Crippen MR) is 110 cm³/mol. The number of carbonyl (C=O) groups is 2. The summed E-state index contributed by atoms with van der Waals surface area (Å²) < 4.78 is 0. The minimum absolute atomic E-state index is 0.0380. The van der Waals surface area contributed by atoms with Crippen molar-refractivity contribution in [3.05, 3.63) is 23.3 Å². The van der Waals surface area contributed by atoms with Crippen LogP contribution in [-0.4, -0.2) is 32.4 Å². The van der Waals surface area contributed by atoms with Crippen LogP contribution in [0.3, 0.4) is 0 Å². The molecule has 0 bridgehead atoms. The zero-order valence-electron chi connectivity index (χ0n) is 17.5. The second-order valence-corrected chi connectivity index (χ2v) is 9.14. The molecule has 6 heteroatoms. The van der Waals surface area contributed by atoms with Crippen LogP contribution < -0.4 is 0 Å². The largest absolute Gasteiger partial charge is 0.508 e. The molecular weight excluding hydrogens is 372 g/mol. The first kappa shape index (κ1) is 23.0. The number of aryl methyl sites for hydroxylation is 1. The molecule has 162 valence electrons. The molecule has 29 heavy (non-hydrogen) atoms. The van der Waals surface area contributed by atoms with E-state index in [-0.39, 0.29) is 11.5 Å². The van der Waals surface area contributed by atoms with Crippen LogP contribution in [0.4, 0.5) is 0 Å². The highest BCUT2D eigenvalue weighted by Crippen LogP contribution is 2.50. The summed E-state index contributed by atoms with van der Waals surface area (Å²) in [5.74, 6) is -1.36. The lowest BCUT2D eigenvalue weighted by atomic mass is 9.86. The monoisotopic (exact) mass is 406 g/mol. The van der Waals surface area contributed by atoms with Crippen molar-refractivity contribution in [1.82, 2.24) is 0 Å². The zero-order chi connectivity index (χ0) is 21.7. The van der Waals surface area contributed by atoms with Crippen molar-refractivity contribution in [2.24, 2.45) is 10.8 Å². The third-order valence-electron chi connectivity index (χ3n) is 6.27. The van der Waals surface area contributed by atoms with Gasteiger partial charge in [-0.25, -0.2) is 0 Å². The highest BCUT2D eigenvalue weighted by atomic mass is 16.4. The van der Waals surface area contributed by atoms with Crippen molar-refractivity contribution in [2.75, 3.05) is 0 Å². The number of unbranched alkanes of at least 4 members (excludes halogenated alkanes) is 3. The summed E-state index contributed by atoms with van der Waals surface area (Å²) in [6.07, 6.45) is 8.39. The summed E-state index contributed by atoms with van der Waals surface area (Å²) in [6, 6.07) is 3.04. The summed E-state index contributed by atoms with van der Waals surface area (Å²) in [6.45, 7) is 3.43. The highest BCUT2D eigenvalue weighted by molar-refractivity contribution is 5.77. The number of benzene rings is 1. The number of hydrogen-bond acceptors (Lipinski definition) is 4. The van der Waals surface area contributed by atoms with Gasteiger partial charge in [0.15, 0.2) is 0 Å². The van der Waals surface area contributed by atoms with E-state index >= 15 is 0 Å². The molecule has 1 saturated carbocycles. The number of rotatable bonds is 13. The van der Waals surface area contributed by atoms with Gasteiger partial charge in [-0.2, -0.15) is 0 Å². The Morgan fingerprint density at radius 3 is 2.21 bits per heavy atom.